The molecule has 2 aromatic rings. The molecule has 0 N–H and O–H groups in total. The number of anilines is 1. The molecule has 6 nitrogen and oxygen atoms in total. The second-order valence-corrected chi connectivity index (χ2v) is 6.80. The summed E-state index contributed by atoms with van der Waals surface area (Å²) in [6.07, 6.45) is 2.61. The average Bonchev–Trinajstić information content (AvgIpc) is 2.76. The van der Waals surface area contributed by atoms with Crippen LogP contribution in [0.2, 0.25) is 0 Å². The number of rotatable bonds is 8. The lowest BCUT2D eigenvalue weighted by Crippen LogP contribution is -2.36. The number of amides is 1. The zero-order valence-corrected chi connectivity index (χ0v) is 17.0. The van der Waals surface area contributed by atoms with E-state index in [2.05, 4.69) is 0 Å². The smallest absolute Gasteiger partial charge is 0.338 e. The van der Waals surface area contributed by atoms with E-state index >= 15 is 0 Å². The first-order valence-corrected chi connectivity index (χ1v) is 10.00. The summed E-state index contributed by atoms with van der Waals surface area (Å²) in [6.45, 7) is 3.69. The van der Waals surface area contributed by atoms with Crippen molar-refractivity contribution in [2.75, 3.05) is 31.8 Å². The molecule has 0 fully saturated rings. The SMILES string of the molecule is CCOc1ccc(OCCCC(=O)N2CCCc3c(C(=O)OC)cccc32)cc1. The van der Waals surface area contributed by atoms with Crippen molar-refractivity contribution in [2.24, 2.45) is 0 Å². The van der Waals surface area contributed by atoms with E-state index in [4.69, 9.17) is 14.2 Å². The van der Waals surface area contributed by atoms with Crippen molar-refractivity contribution in [1.29, 1.82) is 0 Å². The van der Waals surface area contributed by atoms with Crippen molar-refractivity contribution in [3.05, 3.63) is 53.6 Å². The zero-order valence-electron chi connectivity index (χ0n) is 17.0. The van der Waals surface area contributed by atoms with Crippen LogP contribution in [0.25, 0.3) is 0 Å². The van der Waals surface area contributed by atoms with Crippen LogP contribution < -0.4 is 14.4 Å². The summed E-state index contributed by atoms with van der Waals surface area (Å²) in [5, 5.41) is 0. The topological polar surface area (TPSA) is 65.1 Å². The standard InChI is InChI=1S/C23H27NO5/c1-3-28-17-11-13-18(14-12-17)29-16-6-10-22(25)24-15-5-8-19-20(23(26)27-2)7-4-9-21(19)24/h4,7,9,11-14H,3,5-6,8,10,15-16H2,1-2H3. The second kappa shape index (κ2) is 9.96. The molecule has 1 heterocycles. The van der Waals surface area contributed by atoms with Crippen LogP contribution in [0.3, 0.4) is 0 Å². The van der Waals surface area contributed by atoms with Crippen LogP contribution in [0.1, 0.15) is 42.1 Å². The number of fused-ring (bicyclic) bond motifs is 1. The van der Waals surface area contributed by atoms with Crippen molar-refractivity contribution >= 4 is 17.6 Å². The highest BCUT2D eigenvalue weighted by atomic mass is 16.5. The number of carbonyl (C=O) groups excluding carboxylic acids is 2. The van der Waals surface area contributed by atoms with Gasteiger partial charge in [-0.2, -0.15) is 0 Å². The minimum atomic E-state index is -0.361. The number of hydrogen-bond donors (Lipinski definition) is 0. The number of esters is 1. The first kappa shape index (κ1) is 20.7. The third-order valence-electron chi connectivity index (χ3n) is 4.90. The van der Waals surface area contributed by atoms with E-state index in [0.717, 1.165) is 35.6 Å². The number of hydrogen-bond acceptors (Lipinski definition) is 5. The molecule has 0 spiro atoms. The van der Waals surface area contributed by atoms with Crippen LogP contribution in [0.5, 0.6) is 11.5 Å². The Kier molecular flexibility index (Phi) is 7.11. The van der Waals surface area contributed by atoms with Gasteiger partial charge in [0.05, 0.1) is 25.9 Å². The predicted molar refractivity (Wildman–Crippen MR) is 111 cm³/mol. The maximum Gasteiger partial charge on any atom is 0.338 e. The fourth-order valence-electron chi connectivity index (χ4n) is 3.53. The molecule has 6 heteroatoms. The van der Waals surface area contributed by atoms with E-state index in [1.807, 2.05) is 37.3 Å². The molecule has 1 aliphatic rings. The number of methoxy groups -OCH3 is 1. The molecule has 3 rings (SSSR count). The summed E-state index contributed by atoms with van der Waals surface area (Å²) in [5.74, 6) is 1.25. The lowest BCUT2D eigenvalue weighted by molar-refractivity contribution is -0.118. The molecule has 1 aliphatic heterocycles. The minimum absolute atomic E-state index is 0.0447. The monoisotopic (exact) mass is 397 g/mol. The van der Waals surface area contributed by atoms with Crippen molar-refractivity contribution in [2.45, 2.75) is 32.6 Å². The summed E-state index contributed by atoms with van der Waals surface area (Å²) in [6, 6.07) is 12.9. The number of carbonyl (C=O) groups is 2. The zero-order chi connectivity index (χ0) is 20.6. The van der Waals surface area contributed by atoms with Gasteiger partial charge in [-0.05, 0) is 68.1 Å². The van der Waals surface area contributed by atoms with Crippen LogP contribution in [0.15, 0.2) is 42.5 Å². The maximum atomic E-state index is 12.8. The Labute approximate surface area is 171 Å². The van der Waals surface area contributed by atoms with Crippen LogP contribution in [-0.4, -0.2) is 38.7 Å². The fraction of sp³-hybridized carbons (Fsp3) is 0.391. The van der Waals surface area contributed by atoms with Crippen LogP contribution in [-0.2, 0) is 16.0 Å². The van der Waals surface area contributed by atoms with Gasteiger partial charge in [-0.1, -0.05) is 6.07 Å². The molecule has 0 aromatic heterocycles. The normalized spacial score (nSPS) is 12.8. The first-order chi connectivity index (χ1) is 14.1. The van der Waals surface area contributed by atoms with E-state index in [9.17, 15) is 9.59 Å². The highest BCUT2D eigenvalue weighted by Crippen LogP contribution is 2.31. The van der Waals surface area contributed by atoms with Gasteiger partial charge in [0.25, 0.3) is 0 Å². The number of nitrogens with zero attached hydrogens (tertiary/aromatic N) is 1. The Morgan fingerprint density at radius 1 is 1.03 bits per heavy atom. The Balaban J connectivity index is 1.55. The summed E-state index contributed by atoms with van der Waals surface area (Å²) in [5.41, 5.74) is 2.25. The van der Waals surface area contributed by atoms with E-state index in [0.29, 0.717) is 38.2 Å². The van der Waals surface area contributed by atoms with Crippen molar-refractivity contribution in [1.82, 2.24) is 0 Å². The molecular weight excluding hydrogens is 370 g/mol. The van der Waals surface area contributed by atoms with Crippen LogP contribution >= 0.6 is 0 Å². The van der Waals surface area contributed by atoms with E-state index < -0.39 is 0 Å². The van der Waals surface area contributed by atoms with Gasteiger partial charge in [0.2, 0.25) is 5.91 Å². The third-order valence-corrected chi connectivity index (χ3v) is 4.90. The molecule has 0 saturated carbocycles. The van der Waals surface area contributed by atoms with Gasteiger partial charge in [0.1, 0.15) is 11.5 Å². The van der Waals surface area contributed by atoms with Gasteiger partial charge >= 0.3 is 5.97 Å². The van der Waals surface area contributed by atoms with Crippen LogP contribution in [0.4, 0.5) is 5.69 Å². The molecule has 0 unspecified atom stereocenters. The molecule has 0 aliphatic carbocycles. The van der Waals surface area contributed by atoms with Gasteiger partial charge in [0, 0.05) is 18.7 Å². The molecule has 2 aromatic carbocycles. The van der Waals surface area contributed by atoms with E-state index in [1.54, 1.807) is 17.0 Å². The Morgan fingerprint density at radius 3 is 2.45 bits per heavy atom. The quantitative estimate of drug-likeness (QED) is 0.497. The molecule has 154 valence electrons. The molecule has 0 bridgehead atoms. The highest BCUT2D eigenvalue weighted by molar-refractivity contribution is 5.98. The molecular formula is C23H27NO5. The second-order valence-electron chi connectivity index (χ2n) is 6.80. The Morgan fingerprint density at radius 2 is 1.76 bits per heavy atom. The van der Waals surface area contributed by atoms with Crippen molar-refractivity contribution in [3.8, 4) is 11.5 Å². The number of ether oxygens (including phenoxy) is 3. The Hall–Kier alpha value is -3.02. The summed E-state index contributed by atoms with van der Waals surface area (Å²) < 4.78 is 16.0. The highest BCUT2D eigenvalue weighted by Gasteiger charge is 2.26. The van der Waals surface area contributed by atoms with Crippen molar-refractivity contribution < 1.29 is 23.8 Å². The predicted octanol–water partition coefficient (Wildman–Crippen LogP) is 4.01. The third kappa shape index (κ3) is 5.08. The van der Waals surface area contributed by atoms with E-state index in [-0.39, 0.29) is 11.9 Å². The van der Waals surface area contributed by atoms with Gasteiger partial charge in [0.15, 0.2) is 0 Å². The summed E-state index contributed by atoms with van der Waals surface area (Å²) in [4.78, 5) is 26.6. The Bertz CT molecular complexity index is 847. The minimum Gasteiger partial charge on any atom is -0.494 e. The maximum absolute atomic E-state index is 12.8. The molecule has 1 amide bonds. The summed E-state index contributed by atoms with van der Waals surface area (Å²) in [7, 11) is 1.37. The van der Waals surface area contributed by atoms with Gasteiger partial charge < -0.3 is 19.1 Å². The van der Waals surface area contributed by atoms with Crippen molar-refractivity contribution in [3.63, 3.8) is 0 Å². The first-order valence-electron chi connectivity index (χ1n) is 10.00. The largest absolute Gasteiger partial charge is 0.494 e. The molecule has 0 radical (unpaired) electrons. The van der Waals surface area contributed by atoms with Gasteiger partial charge in [-0.15, -0.1) is 0 Å². The van der Waals surface area contributed by atoms with Gasteiger partial charge in [-0.3, -0.25) is 4.79 Å². The van der Waals surface area contributed by atoms with Gasteiger partial charge in [-0.25, -0.2) is 4.79 Å². The molecule has 0 atom stereocenters. The molecule has 29 heavy (non-hydrogen) atoms. The lowest BCUT2D eigenvalue weighted by atomic mass is 9.96. The number of benzene rings is 2. The lowest BCUT2D eigenvalue weighted by Gasteiger charge is -2.30. The fourth-order valence-corrected chi connectivity index (χ4v) is 3.53. The van der Waals surface area contributed by atoms with E-state index in [1.165, 1.54) is 7.11 Å². The summed E-state index contributed by atoms with van der Waals surface area (Å²) >= 11 is 0. The molecule has 0 saturated heterocycles. The van der Waals surface area contributed by atoms with Crippen LogP contribution in [0, 0.1) is 0 Å². The average molecular weight is 397 g/mol.